The Hall–Kier alpha value is -3.97. The molecule has 0 amide bonds. The van der Waals surface area contributed by atoms with E-state index in [0.717, 1.165) is 17.5 Å². The molecule has 2 aliphatic heterocycles. The van der Waals surface area contributed by atoms with Crippen molar-refractivity contribution in [3.8, 4) is 11.1 Å². The van der Waals surface area contributed by atoms with Gasteiger partial charge in [0.15, 0.2) is 11.9 Å². The van der Waals surface area contributed by atoms with Crippen LogP contribution in [-0.4, -0.2) is 94.4 Å². The molecule has 3 aromatic heterocycles. The van der Waals surface area contributed by atoms with Gasteiger partial charge in [0.2, 0.25) is 5.95 Å². The molecule has 0 radical (unpaired) electrons. The minimum atomic E-state index is -3.06. The fourth-order valence-electron chi connectivity index (χ4n) is 6.07. The quantitative estimate of drug-likeness (QED) is 0.297. The fourth-order valence-corrected chi connectivity index (χ4v) is 7.14. The van der Waals surface area contributed by atoms with E-state index in [9.17, 15) is 17.6 Å². The number of aldehydes is 1. The molecule has 2 atom stereocenters. The second-order valence-electron chi connectivity index (χ2n) is 11.0. The van der Waals surface area contributed by atoms with Gasteiger partial charge >= 0.3 is 0 Å². The van der Waals surface area contributed by atoms with Gasteiger partial charge in [-0.25, -0.2) is 32.7 Å². The monoisotopic (exact) mass is 592 g/mol. The highest BCUT2D eigenvalue weighted by molar-refractivity contribution is 7.91. The third-order valence-corrected chi connectivity index (χ3v) is 10.0. The Morgan fingerprint density at radius 3 is 2.45 bits per heavy atom. The minimum Gasteiger partial charge on any atom is -0.368 e. The number of piperidine rings is 1. The van der Waals surface area contributed by atoms with E-state index in [1.165, 1.54) is 18.4 Å². The number of carbonyl (C=O) groups is 1. The molecular formula is C29H33FN8O3S. The van der Waals surface area contributed by atoms with E-state index in [2.05, 4.69) is 36.7 Å². The van der Waals surface area contributed by atoms with Gasteiger partial charge < -0.3 is 9.80 Å². The first kappa shape index (κ1) is 28.2. The molecule has 220 valence electrons. The molecule has 2 saturated heterocycles. The first-order valence-corrected chi connectivity index (χ1v) is 16.0. The van der Waals surface area contributed by atoms with E-state index in [4.69, 9.17) is 0 Å². The summed E-state index contributed by atoms with van der Waals surface area (Å²) in [6.45, 7) is 5.06. The van der Waals surface area contributed by atoms with Crippen molar-refractivity contribution in [2.45, 2.75) is 37.2 Å². The second-order valence-corrected chi connectivity index (χ2v) is 13.4. The number of sulfone groups is 1. The lowest BCUT2D eigenvalue weighted by molar-refractivity contribution is -0.116. The number of aromatic nitrogens is 5. The van der Waals surface area contributed by atoms with Gasteiger partial charge in [0.05, 0.1) is 11.6 Å². The van der Waals surface area contributed by atoms with Gasteiger partial charge in [-0.05, 0) is 50.1 Å². The summed E-state index contributed by atoms with van der Waals surface area (Å²) in [4.78, 5) is 36.6. The first-order chi connectivity index (χ1) is 20.2. The Kier molecular flexibility index (Phi) is 7.62. The van der Waals surface area contributed by atoms with Crippen molar-refractivity contribution < 1.29 is 17.6 Å². The molecule has 4 aromatic rings. The third-order valence-electron chi connectivity index (χ3n) is 8.34. The molecule has 2 aliphatic rings. The largest absolute Gasteiger partial charge is 0.368 e. The van der Waals surface area contributed by atoms with Crippen LogP contribution in [0.3, 0.4) is 0 Å². The Labute approximate surface area is 243 Å². The van der Waals surface area contributed by atoms with Crippen LogP contribution in [0.15, 0.2) is 55.2 Å². The Morgan fingerprint density at radius 1 is 1.00 bits per heavy atom. The summed E-state index contributed by atoms with van der Waals surface area (Å²) in [7, 11) is -3.06. The molecule has 1 aromatic carbocycles. The molecule has 0 N–H and O–H groups in total. The maximum Gasteiger partial charge on any atom is 0.225 e. The molecular weight excluding hydrogens is 559 g/mol. The average Bonchev–Trinajstić information content (AvgIpc) is 3.42. The number of piperazine rings is 1. The van der Waals surface area contributed by atoms with E-state index in [1.807, 2.05) is 17.0 Å². The first-order valence-electron chi connectivity index (χ1n) is 14.0. The summed E-state index contributed by atoms with van der Waals surface area (Å²) in [5, 5.41) is -0.330. The second kappa shape index (κ2) is 11.4. The van der Waals surface area contributed by atoms with E-state index < -0.39 is 16.0 Å². The van der Waals surface area contributed by atoms with Crippen LogP contribution in [-0.2, 0) is 14.6 Å². The lowest BCUT2D eigenvalue weighted by atomic mass is 10.0. The zero-order valence-electron chi connectivity index (χ0n) is 23.5. The molecule has 11 nitrogen and oxygen atoms in total. The highest BCUT2D eigenvalue weighted by Gasteiger charge is 2.32. The molecule has 42 heavy (non-hydrogen) atoms. The van der Waals surface area contributed by atoms with Crippen LogP contribution in [0.1, 0.15) is 25.9 Å². The van der Waals surface area contributed by atoms with Crippen molar-refractivity contribution in [3.05, 3.63) is 61.1 Å². The van der Waals surface area contributed by atoms with Crippen LogP contribution in [0, 0.1) is 5.82 Å². The maximum absolute atomic E-state index is 14.5. The van der Waals surface area contributed by atoms with Crippen LogP contribution < -0.4 is 9.80 Å². The fraction of sp³-hybridized carbons (Fsp3) is 0.414. The maximum atomic E-state index is 14.5. The van der Waals surface area contributed by atoms with Crippen molar-refractivity contribution in [2.75, 3.05) is 48.8 Å². The van der Waals surface area contributed by atoms with E-state index in [-0.39, 0.29) is 17.1 Å². The van der Waals surface area contributed by atoms with Gasteiger partial charge in [0.25, 0.3) is 0 Å². The molecule has 0 spiro atoms. The summed E-state index contributed by atoms with van der Waals surface area (Å²) < 4.78 is 40.1. The normalized spacial score (nSPS) is 19.7. The summed E-state index contributed by atoms with van der Waals surface area (Å²) in [6.07, 6.45) is 9.50. The predicted octanol–water partition coefficient (Wildman–Crippen LogP) is 2.95. The minimum absolute atomic E-state index is 0.00139. The van der Waals surface area contributed by atoms with E-state index in [1.54, 1.807) is 35.6 Å². The number of pyridine rings is 1. The molecule has 2 unspecified atom stereocenters. The van der Waals surface area contributed by atoms with Gasteiger partial charge in [0, 0.05) is 80.4 Å². The topological polar surface area (TPSA) is 117 Å². The summed E-state index contributed by atoms with van der Waals surface area (Å²) in [5.74, 6) is 0.181. The molecule has 0 aliphatic carbocycles. The zero-order valence-corrected chi connectivity index (χ0v) is 24.4. The van der Waals surface area contributed by atoms with Gasteiger partial charge in [-0.2, -0.15) is 0 Å². The molecule has 0 saturated carbocycles. The van der Waals surface area contributed by atoms with Gasteiger partial charge in [0.1, 0.15) is 27.3 Å². The predicted molar refractivity (Wildman–Crippen MR) is 159 cm³/mol. The number of fused-ring (bicyclic) bond motifs is 1. The molecule has 0 bridgehead atoms. The number of benzene rings is 1. The number of anilines is 2. The van der Waals surface area contributed by atoms with Crippen molar-refractivity contribution >= 4 is 38.9 Å². The van der Waals surface area contributed by atoms with Crippen LogP contribution in [0.2, 0.25) is 0 Å². The Morgan fingerprint density at radius 2 is 1.76 bits per heavy atom. The van der Waals surface area contributed by atoms with Gasteiger partial charge in [-0.1, -0.05) is 0 Å². The number of carbonyl (C=O) groups excluding carboxylic acids is 1. The van der Waals surface area contributed by atoms with Gasteiger partial charge in [-0.15, -0.1) is 0 Å². The number of imidazole rings is 1. The molecule has 13 heteroatoms. The highest BCUT2D eigenvalue weighted by Crippen LogP contribution is 2.34. The summed E-state index contributed by atoms with van der Waals surface area (Å²) in [6, 6.07) is 8.42. The van der Waals surface area contributed by atoms with E-state index in [0.29, 0.717) is 68.3 Å². The number of hydrogen-bond donors (Lipinski definition) is 0. The summed E-state index contributed by atoms with van der Waals surface area (Å²) in [5.41, 5.74) is 3.64. The average molecular weight is 593 g/mol. The molecule has 6 rings (SSSR count). The van der Waals surface area contributed by atoms with Crippen LogP contribution >= 0.6 is 0 Å². The SMILES string of the molecule is CC1CN(c2ccc(F)cc2-c2cnc(N3CCC(S(C)(=O)=O)CC3)nc2)CCN1C(C=O)n1cnc2cccnc21. The van der Waals surface area contributed by atoms with Crippen LogP contribution in [0.5, 0.6) is 0 Å². The number of rotatable bonds is 7. The third kappa shape index (κ3) is 5.45. The smallest absolute Gasteiger partial charge is 0.225 e. The molecule has 5 heterocycles. The standard InChI is InChI=1S/C29H33FN8O3S/c1-20-17-36(12-13-37(20)27(18-39)38-19-34-25-4-3-9-31-28(25)38)26-6-5-22(30)14-24(26)21-15-32-29(33-16-21)35-10-7-23(8-11-35)42(2,40)41/h3-6,9,14-16,18-20,23,27H,7-8,10-13,17H2,1-2H3. The zero-order chi connectivity index (χ0) is 29.4. The lowest BCUT2D eigenvalue weighted by Gasteiger charge is -2.43. The number of halogens is 1. The number of hydrogen-bond acceptors (Lipinski definition) is 10. The van der Waals surface area contributed by atoms with Crippen LogP contribution in [0.4, 0.5) is 16.0 Å². The van der Waals surface area contributed by atoms with Crippen LogP contribution in [0.25, 0.3) is 22.3 Å². The van der Waals surface area contributed by atoms with Crippen molar-refractivity contribution in [1.29, 1.82) is 0 Å². The van der Waals surface area contributed by atoms with Gasteiger partial charge in [-0.3, -0.25) is 14.3 Å². The Balaban J connectivity index is 1.19. The Bertz CT molecular complexity index is 1690. The van der Waals surface area contributed by atoms with Crippen molar-refractivity contribution in [2.24, 2.45) is 0 Å². The van der Waals surface area contributed by atoms with E-state index >= 15 is 0 Å². The summed E-state index contributed by atoms with van der Waals surface area (Å²) >= 11 is 0. The van der Waals surface area contributed by atoms with Crippen molar-refractivity contribution in [3.63, 3.8) is 0 Å². The molecule has 2 fully saturated rings. The highest BCUT2D eigenvalue weighted by atomic mass is 32.2. The number of nitrogens with zero attached hydrogens (tertiary/aromatic N) is 8. The van der Waals surface area contributed by atoms with Crippen molar-refractivity contribution in [1.82, 2.24) is 29.4 Å². The lowest BCUT2D eigenvalue weighted by Crippen LogP contribution is -2.54.